The number of halogens is 2. The Hall–Kier alpha value is -0.600. The van der Waals surface area contributed by atoms with Gasteiger partial charge in [-0.2, -0.15) is 4.31 Å². The second kappa shape index (κ2) is 6.03. The van der Waals surface area contributed by atoms with Gasteiger partial charge < -0.3 is 5.73 Å². The lowest BCUT2D eigenvalue weighted by molar-refractivity contribution is 0.469. The van der Waals surface area contributed by atoms with Crippen molar-refractivity contribution in [1.82, 2.24) is 4.31 Å². The van der Waals surface area contributed by atoms with E-state index in [1.165, 1.54) is 34.8 Å². The molecule has 0 spiro atoms. The summed E-state index contributed by atoms with van der Waals surface area (Å²) in [6, 6.07) is 8.15. The number of nitrogens with zero attached hydrogens (tertiary/aromatic N) is 1. The van der Waals surface area contributed by atoms with Crippen molar-refractivity contribution in [3.05, 3.63) is 44.0 Å². The van der Waals surface area contributed by atoms with E-state index in [9.17, 15) is 8.42 Å². The molecule has 0 bridgehead atoms. The van der Waals surface area contributed by atoms with Gasteiger partial charge in [0.25, 0.3) is 0 Å². The van der Waals surface area contributed by atoms with Gasteiger partial charge in [-0.05, 0) is 46.3 Å². The SMILES string of the molecule is CN(Cc1ccc(Cl)s1)S(=O)(=O)c1ccc(Br)c(N)c1. The van der Waals surface area contributed by atoms with Gasteiger partial charge in [0.2, 0.25) is 10.0 Å². The number of thiophene rings is 1. The van der Waals surface area contributed by atoms with Crippen molar-refractivity contribution >= 4 is 54.6 Å². The molecule has 4 nitrogen and oxygen atoms in total. The zero-order valence-electron chi connectivity index (χ0n) is 10.5. The molecule has 0 aliphatic heterocycles. The zero-order valence-corrected chi connectivity index (χ0v) is 14.5. The summed E-state index contributed by atoms with van der Waals surface area (Å²) in [7, 11) is -2.04. The average Bonchev–Trinajstić information content (AvgIpc) is 2.78. The van der Waals surface area contributed by atoms with Crippen molar-refractivity contribution in [3.63, 3.8) is 0 Å². The van der Waals surface area contributed by atoms with Gasteiger partial charge in [0.1, 0.15) is 0 Å². The topological polar surface area (TPSA) is 63.4 Å². The Morgan fingerprint density at radius 2 is 2.05 bits per heavy atom. The second-order valence-corrected chi connectivity index (χ2v) is 8.85. The molecule has 8 heteroatoms. The molecule has 2 N–H and O–H groups in total. The van der Waals surface area contributed by atoms with Crippen LogP contribution in [0.5, 0.6) is 0 Å². The summed E-state index contributed by atoms with van der Waals surface area (Å²) in [6.07, 6.45) is 0. The molecule has 20 heavy (non-hydrogen) atoms. The standard InChI is InChI=1S/C12H12BrClN2O2S2/c1-16(7-8-2-5-12(14)19-8)20(17,18)9-3-4-10(13)11(15)6-9/h2-6H,7,15H2,1H3. The lowest BCUT2D eigenvalue weighted by Gasteiger charge is -2.16. The van der Waals surface area contributed by atoms with Crippen LogP contribution < -0.4 is 5.73 Å². The molecule has 108 valence electrons. The number of anilines is 1. The van der Waals surface area contributed by atoms with Crippen LogP contribution in [0.2, 0.25) is 4.34 Å². The van der Waals surface area contributed by atoms with E-state index in [2.05, 4.69) is 15.9 Å². The molecule has 0 amide bonds. The van der Waals surface area contributed by atoms with Crippen molar-refractivity contribution in [3.8, 4) is 0 Å². The van der Waals surface area contributed by atoms with E-state index in [0.29, 0.717) is 14.5 Å². The molecule has 0 aliphatic rings. The van der Waals surface area contributed by atoms with E-state index in [1.54, 1.807) is 12.1 Å². The van der Waals surface area contributed by atoms with Gasteiger partial charge >= 0.3 is 0 Å². The third-order valence-corrected chi connectivity index (χ3v) is 6.42. The maximum Gasteiger partial charge on any atom is 0.243 e. The normalized spacial score (nSPS) is 12.0. The average molecular weight is 396 g/mol. The van der Waals surface area contributed by atoms with Crippen LogP contribution in [0.4, 0.5) is 5.69 Å². The summed E-state index contributed by atoms with van der Waals surface area (Å²) in [5, 5.41) is 0. The Morgan fingerprint density at radius 1 is 1.35 bits per heavy atom. The van der Waals surface area contributed by atoms with Gasteiger partial charge in [-0.25, -0.2) is 8.42 Å². The summed E-state index contributed by atoms with van der Waals surface area (Å²) in [6.45, 7) is 0.274. The van der Waals surface area contributed by atoms with Crippen molar-refractivity contribution in [2.24, 2.45) is 0 Å². The molecule has 0 saturated carbocycles. The molecule has 1 heterocycles. The van der Waals surface area contributed by atoms with Crippen LogP contribution in [-0.4, -0.2) is 19.8 Å². The maximum atomic E-state index is 12.4. The van der Waals surface area contributed by atoms with Crippen molar-refractivity contribution in [2.45, 2.75) is 11.4 Å². The summed E-state index contributed by atoms with van der Waals surface area (Å²) < 4.78 is 27.5. The van der Waals surface area contributed by atoms with E-state index in [1.807, 2.05) is 6.07 Å². The maximum absolute atomic E-state index is 12.4. The second-order valence-electron chi connectivity index (χ2n) is 4.15. The largest absolute Gasteiger partial charge is 0.398 e. The third kappa shape index (κ3) is 3.35. The predicted molar refractivity (Wildman–Crippen MR) is 86.5 cm³/mol. The molecule has 0 fully saturated rings. The van der Waals surface area contributed by atoms with Crippen LogP contribution in [0.15, 0.2) is 39.7 Å². The first-order valence-electron chi connectivity index (χ1n) is 5.56. The molecule has 0 saturated heterocycles. The molecule has 2 aromatic rings. The number of sulfonamides is 1. The molecule has 0 aliphatic carbocycles. The van der Waals surface area contributed by atoms with Crippen LogP contribution in [0, 0.1) is 0 Å². The molecule has 0 atom stereocenters. The fourth-order valence-electron chi connectivity index (χ4n) is 1.60. The van der Waals surface area contributed by atoms with Gasteiger partial charge in [0, 0.05) is 28.6 Å². The van der Waals surface area contributed by atoms with E-state index >= 15 is 0 Å². The highest BCUT2D eigenvalue weighted by Gasteiger charge is 2.22. The lowest BCUT2D eigenvalue weighted by atomic mass is 10.3. The highest BCUT2D eigenvalue weighted by atomic mass is 79.9. The van der Waals surface area contributed by atoms with E-state index in [0.717, 1.165) is 4.88 Å². The van der Waals surface area contributed by atoms with Crippen LogP contribution in [0.3, 0.4) is 0 Å². The first-order valence-corrected chi connectivity index (χ1v) is 8.99. The number of hydrogen-bond donors (Lipinski definition) is 1. The highest BCUT2D eigenvalue weighted by Crippen LogP contribution is 2.27. The van der Waals surface area contributed by atoms with Gasteiger partial charge in [-0.15, -0.1) is 11.3 Å². The highest BCUT2D eigenvalue weighted by molar-refractivity contribution is 9.10. The number of benzene rings is 1. The first-order chi connectivity index (χ1) is 9.30. The Labute approximate surface area is 135 Å². The number of rotatable bonds is 4. The molecular weight excluding hydrogens is 384 g/mol. The number of nitrogen functional groups attached to an aromatic ring is 1. The first kappa shape index (κ1) is 15.8. The number of nitrogens with two attached hydrogens (primary N) is 1. The summed E-state index contributed by atoms with van der Waals surface area (Å²) >= 11 is 10.4. The van der Waals surface area contributed by atoms with Gasteiger partial charge in [-0.3, -0.25) is 0 Å². The van der Waals surface area contributed by atoms with Crippen LogP contribution >= 0.6 is 38.9 Å². The fraction of sp³-hybridized carbons (Fsp3) is 0.167. The van der Waals surface area contributed by atoms with Crippen LogP contribution in [0.25, 0.3) is 0 Å². The van der Waals surface area contributed by atoms with Crippen LogP contribution in [0.1, 0.15) is 4.88 Å². The Kier molecular flexibility index (Phi) is 4.76. The quantitative estimate of drug-likeness (QED) is 0.805. The van der Waals surface area contributed by atoms with E-state index in [-0.39, 0.29) is 11.4 Å². The summed E-state index contributed by atoms with van der Waals surface area (Å²) in [4.78, 5) is 1.05. The van der Waals surface area contributed by atoms with Crippen molar-refractivity contribution in [1.29, 1.82) is 0 Å². The zero-order chi connectivity index (χ0) is 14.9. The molecular formula is C12H12BrClN2O2S2. The lowest BCUT2D eigenvalue weighted by Crippen LogP contribution is -2.26. The van der Waals surface area contributed by atoms with Gasteiger partial charge in [-0.1, -0.05) is 11.6 Å². The Bertz CT molecular complexity index is 731. The molecule has 1 aromatic heterocycles. The minimum absolute atomic E-state index is 0.170. The molecule has 0 unspecified atom stereocenters. The Morgan fingerprint density at radius 3 is 2.60 bits per heavy atom. The Balaban J connectivity index is 2.27. The van der Waals surface area contributed by atoms with Crippen molar-refractivity contribution in [2.75, 3.05) is 12.8 Å². The predicted octanol–water partition coefficient (Wildman–Crippen LogP) is 3.57. The monoisotopic (exact) mass is 394 g/mol. The summed E-state index contributed by atoms with van der Waals surface area (Å²) in [5.74, 6) is 0. The minimum Gasteiger partial charge on any atom is -0.398 e. The van der Waals surface area contributed by atoms with Gasteiger partial charge in [0.05, 0.1) is 9.23 Å². The summed E-state index contributed by atoms with van der Waals surface area (Å²) in [5.41, 5.74) is 6.12. The number of hydrogen-bond acceptors (Lipinski definition) is 4. The van der Waals surface area contributed by atoms with Crippen molar-refractivity contribution < 1.29 is 8.42 Å². The molecule has 1 aromatic carbocycles. The third-order valence-electron chi connectivity index (χ3n) is 2.68. The fourth-order valence-corrected chi connectivity index (χ4v) is 4.26. The van der Waals surface area contributed by atoms with Crippen LogP contribution in [-0.2, 0) is 16.6 Å². The molecule has 0 radical (unpaired) electrons. The smallest absolute Gasteiger partial charge is 0.243 e. The van der Waals surface area contributed by atoms with Gasteiger partial charge in [0.15, 0.2) is 0 Å². The van der Waals surface area contributed by atoms with E-state index in [4.69, 9.17) is 17.3 Å². The molecule has 2 rings (SSSR count). The minimum atomic E-state index is -3.57. The van der Waals surface area contributed by atoms with E-state index < -0.39 is 10.0 Å².